The van der Waals surface area contributed by atoms with E-state index in [4.69, 9.17) is 13.9 Å². The van der Waals surface area contributed by atoms with Gasteiger partial charge in [0.05, 0.1) is 19.8 Å². The Labute approximate surface area is 185 Å². The highest BCUT2D eigenvalue weighted by atomic mass is 16.5. The van der Waals surface area contributed by atoms with Gasteiger partial charge in [0.15, 0.2) is 0 Å². The third-order valence-electron chi connectivity index (χ3n) is 4.90. The average Bonchev–Trinajstić information content (AvgIpc) is 3.29. The number of carbonyl (C=O) groups excluding carboxylic acids is 2. The average molecular weight is 430 g/mol. The highest BCUT2D eigenvalue weighted by Gasteiger charge is 2.16. The number of benzene rings is 2. The van der Waals surface area contributed by atoms with E-state index in [9.17, 15) is 14.9 Å². The number of amides is 1. The number of furan rings is 1. The molecule has 0 radical (unpaired) electrons. The van der Waals surface area contributed by atoms with Crippen molar-refractivity contribution in [2.45, 2.75) is 13.5 Å². The summed E-state index contributed by atoms with van der Waals surface area (Å²) in [7, 11) is 2.91. The third kappa shape index (κ3) is 5.05. The Hall–Kier alpha value is -4.31. The molecular formula is C25H22N2O5. The second-order valence-electron chi connectivity index (χ2n) is 6.87. The van der Waals surface area contributed by atoms with E-state index in [0.29, 0.717) is 22.6 Å². The van der Waals surface area contributed by atoms with Gasteiger partial charge in [-0.25, -0.2) is 4.79 Å². The van der Waals surface area contributed by atoms with E-state index < -0.39 is 11.9 Å². The highest BCUT2D eigenvalue weighted by molar-refractivity contribution is 6.01. The largest absolute Gasteiger partial charge is 0.497 e. The van der Waals surface area contributed by atoms with Crippen molar-refractivity contribution in [3.63, 3.8) is 0 Å². The number of nitriles is 1. The van der Waals surface area contributed by atoms with Crippen molar-refractivity contribution < 1.29 is 23.5 Å². The van der Waals surface area contributed by atoms with Gasteiger partial charge >= 0.3 is 5.97 Å². The van der Waals surface area contributed by atoms with Gasteiger partial charge < -0.3 is 19.2 Å². The molecule has 0 aliphatic rings. The van der Waals surface area contributed by atoms with Crippen LogP contribution in [0.4, 0.5) is 0 Å². The number of nitrogens with zero attached hydrogens (tertiary/aromatic N) is 1. The van der Waals surface area contributed by atoms with Gasteiger partial charge in [-0.2, -0.15) is 5.26 Å². The number of esters is 1. The van der Waals surface area contributed by atoms with Gasteiger partial charge in [-0.15, -0.1) is 0 Å². The van der Waals surface area contributed by atoms with E-state index in [2.05, 4.69) is 5.32 Å². The summed E-state index contributed by atoms with van der Waals surface area (Å²) in [6.07, 6.45) is 1.38. The maximum atomic E-state index is 12.4. The first-order valence-corrected chi connectivity index (χ1v) is 9.78. The first-order chi connectivity index (χ1) is 15.5. The van der Waals surface area contributed by atoms with Crippen LogP contribution in [0.2, 0.25) is 0 Å². The normalized spacial score (nSPS) is 10.9. The molecular weight excluding hydrogens is 408 g/mol. The number of carbonyl (C=O) groups is 2. The zero-order valence-corrected chi connectivity index (χ0v) is 18.0. The fourth-order valence-electron chi connectivity index (χ4n) is 3.12. The minimum Gasteiger partial charge on any atom is -0.497 e. The van der Waals surface area contributed by atoms with Crippen molar-refractivity contribution in [1.82, 2.24) is 5.32 Å². The van der Waals surface area contributed by atoms with Gasteiger partial charge in [0.25, 0.3) is 5.91 Å². The van der Waals surface area contributed by atoms with Gasteiger partial charge in [0, 0.05) is 18.2 Å². The number of methoxy groups -OCH3 is 2. The van der Waals surface area contributed by atoms with Crippen LogP contribution in [0, 0.1) is 18.3 Å². The molecule has 0 unspecified atom stereocenters. The number of ether oxygens (including phenoxy) is 2. The smallest absolute Gasteiger partial charge is 0.338 e. The van der Waals surface area contributed by atoms with Gasteiger partial charge in [-0.05, 0) is 48.4 Å². The minimum absolute atomic E-state index is 0.0838. The summed E-state index contributed by atoms with van der Waals surface area (Å²) in [5.74, 6) is 0.634. The predicted octanol–water partition coefficient (Wildman–Crippen LogP) is 4.27. The van der Waals surface area contributed by atoms with Crippen LogP contribution in [0.25, 0.3) is 17.4 Å². The lowest BCUT2D eigenvalue weighted by Gasteiger charge is -2.08. The Morgan fingerprint density at radius 2 is 1.84 bits per heavy atom. The van der Waals surface area contributed by atoms with E-state index in [1.165, 1.54) is 13.2 Å². The summed E-state index contributed by atoms with van der Waals surface area (Å²) in [5, 5.41) is 12.1. The first-order valence-electron chi connectivity index (χ1n) is 9.78. The standard InChI is InChI=1S/C25H22N2O5/c1-16-21(5-4-6-22(16)25(29)31-3)23-12-11-20(32-23)13-18(14-26)24(28)27-15-17-7-9-19(30-2)10-8-17/h4-13H,15H2,1-3H3,(H,27,28)/b18-13-. The lowest BCUT2D eigenvalue weighted by atomic mass is 10.0. The van der Waals surface area contributed by atoms with E-state index in [1.807, 2.05) is 24.3 Å². The minimum atomic E-state index is -0.509. The third-order valence-corrected chi connectivity index (χ3v) is 4.90. The summed E-state index contributed by atoms with van der Waals surface area (Å²) in [6.45, 7) is 2.07. The van der Waals surface area contributed by atoms with Crippen LogP contribution < -0.4 is 10.1 Å². The SMILES string of the molecule is COC(=O)c1cccc(-c2ccc(/C=C(/C#N)C(=O)NCc3ccc(OC)cc3)o2)c1C. The number of hydrogen-bond donors (Lipinski definition) is 1. The Morgan fingerprint density at radius 3 is 2.50 bits per heavy atom. The molecule has 0 bridgehead atoms. The van der Waals surface area contributed by atoms with E-state index in [-0.39, 0.29) is 12.1 Å². The first kappa shape index (κ1) is 22.4. The summed E-state index contributed by atoms with van der Waals surface area (Å²) in [5.41, 5.74) is 2.66. The molecule has 32 heavy (non-hydrogen) atoms. The molecule has 162 valence electrons. The molecule has 0 atom stereocenters. The van der Waals surface area contributed by atoms with Gasteiger partial charge in [0.2, 0.25) is 0 Å². The molecule has 0 spiro atoms. The Kier molecular flexibility index (Phi) is 7.09. The fraction of sp³-hybridized carbons (Fsp3) is 0.160. The fourth-order valence-corrected chi connectivity index (χ4v) is 3.12. The van der Waals surface area contributed by atoms with Gasteiger partial charge in [-0.1, -0.05) is 24.3 Å². The van der Waals surface area contributed by atoms with Crippen molar-refractivity contribution in [3.05, 3.63) is 82.6 Å². The summed E-state index contributed by atoms with van der Waals surface area (Å²) in [4.78, 5) is 24.4. The lowest BCUT2D eigenvalue weighted by Crippen LogP contribution is -2.23. The van der Waals surface area contributed by atoms with E-state index in [0.717, 1.165) is 16.9 Å². The van der Waals surface area contributed by atoms with Crippen molar-refractivity contribution in [2.75, 3.05) is 14.2 Å². The van der Waals surface area contributed by atoms with E-state index >= 15 is 0 Å². The maximum absolute atomic E-state index is 12.4. The summed E-state index contributed by atoms with van der Waals surface area (Å²) in [6, 6.07) is 17.8. The van der Waals surface area contributed by atoms with Crippen molar-refractivity contribution in [3.8, 4) is 23.1 Å². The molecule has 7 nitrogen and oxygen atoms in total. The van der Waals surface area contributed by atoms with Crippen LogP contribution in [0.1, 0.15) is 27.2 Å². The molecule has 1 aromatic heterocycles. The quantitative estimate of drug-likeness (QED) is 0.341. The summed E-state index contributed by atoms with van der Waals surface area (Å²) < 4.78 is 15.7. The van der Waals surface area contributed by atoms with Crippen LogP contribution in [-0.4, -0.2) is 26.1 Å². The molecule has 3 aromatic rings. The second kappa shape index (κ2) is 10.1. The monoisotopic (exact) mass is 430 g/mol. The zero-order chi connectivity index (χ0) is 23.1. The Bertz CT molecular complexity index is 1200. The molecule has 0 saturated heterocycles. The number of hydrogen-bond acceptors (Lipinski definition) is 6. The highest BCUT2D eigenvalue weighted by Crippen LogP contribution is 2.28. The van der Waals surface area contributed by atoms with Crippen LogP contribution in [0.3, 0.4) is 0 Å². The second-order valence-corrected chi connectivity index (χ2v) is 6.87. The molecule has 3 rings (SSSR count). The zero-order valence-electron chi connectivity index (χ0n) is 18.0. The Morgan fingerprint density at radius 1 is 1.09 bits per heavy atom. The topological polar surface area (TPSA) is 102 Å². The van der Waals surface area contributed by atoms with Crippen LogP contribution in [0.5, 0.6) is 5.75 Å². The molecule has 0 saturated carbocycles. The number of rotatable bonds is 7. The molecule has 1 amide bonds. The van der Waals surface area contributed by atoms with Gasteiger partial charge in [-0.3, -0.25) is 4.79 Å². The van der Waals surface area contributed by atoms with Gasteiger partial charge in [0.1, 0.15) is 28.9 Å². The molecule has 1 heterocycles. The summed E-state index contributed by atoms with van der Waals surface area (Å²) >= 11 is 0. The maximum Gasteiger partial charge on any atom is 0.338 e. The predicted molar refractivity (Wildman–Crippen MR) is 119 cm³/mol. The Balaban J connectivity index is 1.75. The van der Waals surface area contributed by atoms with Crippen LogP contribution in [0.15, 0.2) is 64.6 Å². The number of nitrogens with one attached hydrogen (secondary N) is 1. The van der Waals surface area contributed by atoms with Crippen LogP contribution >= 0.6 is 0 Å². The molecule has 0 aliphatic heterocycles. The molecule has 0 aliphatic carbocycles. The lowest BCUT2D eigenvalue weighted by molar-refractivity contribution is -0.117. The van der Waals surface area contributed by atoms with E-state index in [1.54, 1.807) is 50.4 Å². The van der Waals surface area contributed by atoms with Crippen LogP contribution in [-0.2, 0) is 16.1 Å². The molecule has 1 N–H and O–H groups in total. The molecule has 7 heteroatoms. The van der Waals surface area contributed by atoms with Crippen molar-refractivity contribution in [1.29, 1.82) is 5.26 Å². The molecule has 0 fully saturated rings. The van der Waals surface area contributed by atoms with Crippen molar-refractivity contribution in [2.24, 2.45) is 0 Å². The van der Waals surface area contributed by atoms with Crippen molar-refractivity contribution >= 4 is 18.0 Å². The molecule has 2 aromatic carbocycles.